The molecule has 1 fully saturated rings. The van der Waals surface area contributed by atoms with Gasteiger partial charge in [0.2, 0.25) is 0 Å². The first-order valence-electron chi connectivity index (χ1n) is 6.64. The highest BCUT2D eigenvalue weighted by atomic mass is 16.5. The van der Waals surface area contributed by atoms with Crippen LogP contribution in [-0.2, 0) is 4.74 Å². The second kappa shape index (κ2) is 3.92. The van der Waals surface area contributed by atoms with Crippen molar-refractivity contribution in [2.24, 2.45) is 5.92 Å². The molecule has 98 valence electrons. The number of hydrogen-bond donors (Lipinski definition) is 1. The number of imidazole rings is 1. The van der Waals surface area contributed by atoms with Crippen LogP contribution in [0.4, 0.5) is 0 Å². The molecule has 0 amide bonds. The summed E-state index contributed by atoms with van der Waals surface area (Å²) in [6.45, 7) is 3.15. The van der Waals surface area contributed by atoms with Crippen LogP contribution in [-0.4, -0.2) is 34.0 Å². The molecule has 3 heterocycles. The average Bonchev–Trinajstić information content (AvgIpc) is 3.05. The van der Waals surface area contributed by atoms with Gasteiger partial charge in [-0.3, -0.25) is 0 Å². The fourth-order valence-electron chi connectivity index (χ4n) is 3.34. The minimum absolute atomic E-state index is 0.107. The summed E-state index contributed by atoms with van der Waals surface area (Å²) in [5.41, 5.74) is 4.90. The number of benzene rings is 1. The number of ether oxygens (including phenoxy) is 1. The van der Waals surface area contributed by atoms with E-state index in [9.17, 15) is 5.11 Å². The lowest BCUT2D eigenvalue weighted by Gasteiger charge is -2.23. The van der Waals surface area contributed by atoms with E-state index in [1.165, 1.54) is 16.7 Å². The van der Waals surface area contributed by atoms with Crippen LogP contribution in [0.1, 0.15) is 17.2 Å². The Morgan fingerprint density at radius 1 is 1.37 bits per heavy atom. The van der Waals surface area contributed by atoms with E-state index in [-0.39, 0.29) is 12.0 Å². The van der Waals surface area contributed by atoms with Crippen LogP contribution in [0.5, 0.6) is 0 Å². The number of fused-ring (bicyclic) bond motifs is 3. The third kappa shape index (κ3) is 1.50. The molecule has 19 heavy (non-hydrogen) atoms. The topological polar surface area (TPSA) is 47.3 Å². The number of aliphatic hydroxyl groups excluding tert-OH is 1. The first-order valence-corrected chi connectivity index (χ1v) is 6.64. The van der Waals surface area contributed by atoms with E-state index in [1.54, 1.807) is 0 Å². The van der Waals surface area contributed by atoms with Crippen molar-refractivity contribution in [3.05, 3.63) is 41.9 Å². The van der Waals surface area contributed by atoms with Crippen molar-refractivity contribution in [3.8, 4) is 11.3 Å². The van der Waals surface area contributed by atoms with E-state index in [0.29, 0.717) is 13.2 Å². The number of nitrogens with zero attached hydrogens (tertiary/aromatic N) is 2. The van der Waals surface area contributed by atoms with Crippen molar-refractivity contribution < 1.29 is 9.84 Å². The molecule has 1 N–H and O–H groups in total. The molecule has 4 rings (SSSR count). The average molecular weight is 256 g/mol. The minimum atomic E-state index is -0.397. The molecule has 0 saturated carbocycles. The molecule has 3 atom stereocenters. The van der Waals surface area contributed by atoms with Crippen LogP contribution in [0.3, 0.4) is 0 Å². The summed E-state index contributed by atoms with van der Waals surface area (Å²) in [5, 5.41) is 10.1. The molecule has 2 aliphatic heterocycles. The van der Waals surface area contributed by atoms with Gasteiger partial charge in [0, 0.05) is 11.5 Å². The van der Waals surface area contributed by atoms with Gasteiger partial charge < -0.3 is 14.4 Å². The highest BCUT2D eigenvalue weighted by molar-refractivity contribution is 5.69. The Labute approximate surface area is 111 Å². The molecule has 0 radical (unpaired) electrons. The van der Waals surface area contributed by atoms with E-state index in [4.69, 9.17) is 4.74 Å². The summed E-state index contributed by atoms with van der Waals surface area (Å²) in [6.07, 6.45) is 3.36. The Morgan fingerprint density at radius 3 is 3.05 bits per heavy atom. The van der Waals surface area contributed by atoms with Crippen LogP contribution in [0.2, 0.25) is 0 Å². The Balaban J connectivity index is 1.90. The highest BCUT2D eigenvalue weighted by Gasteiger charge is 2.40. The lowest BCUT2D eigenvalue weighted by molar-refractivity contribution is 0.111. The number of aromatic nitrogens is 2. The summed E-state index contributed by atoms with van der Waals surface area (Å²) in [6, 6.07) is 6.64. The van der Waals surface area contributed by atoms with Gasteiger partial charge in [0.25, 0.3) is 0 Å². The maximum atomic E-state index is 10.1. The van der Waals surface area contributed by atoms with Crippen molar-refractivity contribution in [2.75, 3.05) is 13.2 Å². The zero-order valence-corrected chi connectivity index (χ0v) is 10.8. The van der Waals surface area contributed by atoms with Gasteiger partial charge in [0.1, 0.15) is 0 Å². The molecule has 4 heteroatoms. The SMILES string of the molecule is Cc1ccc2c(c1)C([C@@H]1COC[C@H]1O)n1cncc1-2. The van der Waals surface area contributed by atoms with Gasteiger partial charge in [-0.15, -0.1) is 0 Å². The van der Waals surface area contributed by atoms with Crippen LogP contribution in [0, 0.1) is 12.8 Å². The fraction of sp³-hybridized carbons (Fsp3) is 0.400. The van der Waals surface area contributed by atoms with Gasteiger partial charge >= 0.3 is 0 Å². The summed E-state index contributed by atoms with van der Waals surface area (Å²) in [4.78, 5) is 4.25. The monoisotopic (exact) mass is 256 g/mol. The standard InChI is InChI=1S/C15H16N2O2/c1-9-2-3-10-11(4-9)15(12-6-19-7-14(12)18)17-8-16-5-13(10)17/h2-5,8,12,14-15,18H,6-7H2,1H3/t12-,14-,15?/m1/s1. The third-order valence-electron chi connectivity index (χ3n) is 4.27. The maximum absolute atomic E-state index is 10.1. The first-order chi connectivity index (χ1) is 9.25. The van der Waals surface area contributed by atoms with Gasteiger partial charge in [-0.05, 0) is 12.5 Å². The lowest BCUT2D eigenvalue weighted by Crippen LogP contribution is -2.27. The number of hydrogen-bond acceptors (Lipinski definition) is 3. The molecule has 1 saturated heterocycles. The molecule has 1 aromatic carbocycles. The maximum Gasteiger partial charge on any atom is 0.0956 e. The van der Waals surface area contributed by atoms with Crippen molar-refractivity contribution >= 4 is 0 Å². The van der Waals surface area contributed by atoms with Crippen LogP contribution < -0.4 is 0 Å². The molecule has 0 bridgehead atoms. The molecule has 1 unspecified atom stereocenters. The van der Waals surface area contributed by atoms with Gasteiger partial charge in [-0.2, -0.15) is 0 Å². The summed E-state index contributed by atoms with van der Waals surface area (Å²) < 4.78 is 7.61. The van der Waals surface area contributed by atoms with E-state index in [2.05, 4.69) is 34.7 Å². The molecule has 0 aliphatic carbocycles. The van der Waals surface area contributed by atoms with E-state index in [1.807, 2.05) is 12.5 Å². The summed E-state index contributed by atoms with van der Waals surface area (Å²) in [7, 11) is 0. The van der Waals surface area contributed by atoms with E-state index in [0.717, 1.165) is 5.69 Å². The predicted octanol–water partition coefficient (Wildman–Crippen LogP) is 1.77. The van der Waals surface area contributed by atoms with Crippen LogP contribution in [0.15, 0.2) is 30.7 Å². The van der Waals surface area contributed by atoms with E-state index >= 15 is 0 Å². The quantitative estimate of drug-likeness (QED) is 0.846. The van der Waals surface area contributed by atoms with Gasteiger partial charge in [0.05, 0.1) is 43.6 Å². The molecule has 2 aromatic rings. The van der Waals surface area contributed by atoms with Crippen molar-refractivity contribution in [2.45, 2.75) is 19.1 Å². The van der Waals surface area contributed by atoms with Gasteiger partial charge in [0.15, 0.2) is 0 Å². The Hall–Kier alpha value is -1.65. The number of rotatable bonds is 1. The molecule has 1 aromatic heterocycles. The Morgan fingerprint density at radius 2 is 2.26 bits per heavy atom. The Bertz CT molecular complexity index is 635. The minimum Gasteiger partial charge on any atom is -0.390 e. The Kier molecular flexibility index (Phi) is 2.31. The largest absolute Gasteiger partial charge is 0.390 e. The highest BCUT2D eigenvalue weighted by Crippen LogP contribution is 2.45. The van der Waals surface area contributed by atoms with Gasteiger partial charge in [-0.1, -0.05) is 23.8 Å². The normalized spacial score (nSPS) is 28.4. The third-order valence-corrected chi connectivity index (χ3v) is 4.27. The molecular formula is C15H16N2O2. The van der Waals surface area contributed by atoms with Crippen molar-refractivity contribution in [1.29, 1.82) is 0 Å². The number of aliphatic hydroxyl groups is 1. The molecule has 2 aliphatic rings. The zero-order valence-electron chi connectivity index (χ0n) is 10.8. The second-order valence-corrected chi connectivity index (χ2v) is 5.49. The smallest absolute Gasteiger partial charge is 0.0956 e. The summed E-state index contributed by atoms with van der Waals surface area (Å²) >= 11 is 0. The lowest BCUT2D eigenvalue weighted by atomic mass is 9.89. The predicted molar refractivity (Wildman–Crippen MR) is 70.9 cm³/mol. The molecular weight excluding hydrogens is 240 g/mol. The molecule has 4 nitrogen and oxygen atoms in total. The zero-order chi connectivity index (χ0) is 13.0. The fourth-order valence-corrected chi connectivity index (χ4v) is 3.34. The number of aryl methyl sites for hydroxylation is 1. The summed E-state index contributed by atoms with van der Waals surface area (Å²) in [5.74, 6) is 0.107. The van der Waals surface area contributed by atoms with E-state index < -0.39 is 6.10 Å². The van der Waals surface area contributed by atoms with Crippen LogP contribution in [0.25, 0.3) is 11.3 Å². The van der Waals surface area contributed by atoms with Crippen molar-refractivity contribution in [3.63, 3.8) is 0 Å². The second-order valence-electron chi connectivity index (χ2n) is 5.49. The molecule has 0 spiro atoms. The van der Waals surface area contributed by atoms with Crippen molar-refractivity contribution in [1.82, 2.24) is 9.55 Å². The van der Waals surface area contributed by atoms with Gasteiger partial charge in [-0.25, -0.2) is 4.98 Å². The first kappa shape index (κ1) is 11.2. The van der Waals surface area contributed by atoms with Crippen LogP contribution >= 0.6 is 0 Å².